The van der Waals surface area contributed by atoms with E-state index in [1.54, 1.807) is 0 Å². The first-order valence-corrected chi connectivity index (χ1v) is 7.70. The number of hydrogen-bond acceptors (Lipinski definition) is 2. The van der Waals surface area contributed by atoms with Crippen molar-refractivity contribution in [2.24, 2.45) is 0 Å². The number of nitrogens with one attached hydrogen (secondary N) is 1. The first-order valence-electron chi connectivity index (χ1n) is 7.70. The molecule has 0 unspecified atom stereocenters. The lowest BCUT2D eigenvalue weighted by Gasteiger charge is -2.15. The summed E-state index contributed by atoms with van der Waals surface area (Å²) in [4.78, 5) is 0. The highest BCUT2D eigenvalue weighted by Crippen LogP contribution is 2.16. The maximum atomic E-state index is 5.67. The van der Waals surface area contributed by atoms with Gasteiger partial charge in [0.1, 0.15) is 5.75 Å². The third-order valence-electron chi connectivity index (χ3n) is 3.56. The molecule has 2 nitrogen and oxygen atoms in total. The van der Waals surface area contributed by atoms with Crippen LogP contribution in [0.5, 0.6) is 5.75 Å². The van der Waals surface area contributed by atoms with Gasteiger partial charge >= 0.3 is 0 Å². The van der Waals surface area contributed by atoms with Gasteiger partial charge in [0.05, 0.1) is 6.61 Å². The molecule has 0 aliphatic rings. The van der Waals surface area contributed by atoms with Crippen LogP contribution in [0.3, 0.4) is 0 Å². The minimum atomic E-state index is 0.339. The van der Waals surface area contributed by atoms with Crippen LogP contribution in [0.15, 0.2) is 48.5 Å². The van der Waals surface area contributed by atoms with Gasteiger partial charge in [0.15, 0.2) is 0 Å². The Labute approximate surface area is 128 Å². The van der Waals surface area contributed by atoms with Crippen molar-refractivity contribution >= 4 is 0 Å². The van der Waals surface area contributed by atoms with Gasteiger partial charge in [-0.25, -0.2) is 0 Å². The average molecular weight is 283 g/mol. The van der Waals surface area contributed by atoms with Crippen molar-refractivity contribution in [2.45, 2.75) is 39.8 Å². The first kappa shape index (κ1) is 15.6. The van der Waals surface area contributed by atoms with E-state index in [0.717, 1.165) is 25.3 Å². The van der Waals surface area contributed by atoms with Crippen LogP contribution in [0.25, 0.3) is 0 Å². The number of hydrogen-bond donors (Lipinski definition) is 1. The zero-order chi connectivity index (χ0) is 15.1. The Balaban J connectivity index is 1.91. The Bertz CT molecular complexity index is 548. The summed E-state index contributed by atoms with van der Waals surface area (Å²) in [5.41, 5.74) is 3.87. The fourth-order valence-corrected chi connectivity index (χ4v) is 2.21. The minimum absolute atomic E-state index is 0.339. The van der Waals surface area contributed by atoms with Gasteiger partial charge in [-0.05, 0) is 43.5 Å². The maximum Gasteiger partial charge on any atom is 0.119 e. The van der Waals surface area contributed by atoms with Gasteiger partial charge in [0.2, 0.25) is 0 Å². The van der Waals surface area contributed by atoms with E-state index in [1.807, 2.05) is 6.07 Å². The molecule has 0 spiro atoms. The Kier molecular flexibility index (Phi) is 5.82. The maximum absolute atomic E-state index is 5.67. The summed E-state index contributed by atoms with van der Waals surface area (Å²) in [6.45, 7) is 8.05. The van der Waals surface area contributed by atoms with E-state index < -0.39 is 0 Å². The zero-order valence-electron chi connectivity index (χ0n) is 13.2. The van der Waals surface area contributed by atoms with Crippen LogP contribution in [0, 0.1) is 6.92 Å². The third kappa shape index (κ3) is 4.91. The minimum Gasteiger partial charge on any atom is -0.494 e. The molecular weight excluding hydrogens is 258 g/mol. The lowest BCUT2D eigenvalue weighted by atomic mass is 10.1. The van der Waals surface area contributed by atoms with Crippen molar-refractivity contribution in [3.05, 3.63) is 65.2 Å². The SMILES string of the molecule is CCCOc1cccc(CN[C@@H](C)c2ccc(C)cc2)c1. The molecule has 1 N–H and O–H groups in total. The van der Waals surface area contributed by atoms with Crippen molar-refractivity contribution in [3.63, 3.8) is 0 Å². The molecule has 0 radical (unpaired) electrons. The second kappa shape index (κ2) is 7.84. The molecule has 0 amide bonds. The molecule has 0 bridgehead atoms. The Morgan fingerprint density at radius 1 is 1.10 bits per heavy atom. The molecule has 0 aliphatic heterocycles. The molecule has 0 aromatic heterocycles. The number of rotatable bonds is 7. The molecule has 2 rings (SSSR count). The van der Waals surface area contributed by atoms with Crippen molar-refractivity contribution in [3.8, 4) is 5.75 Å². The zero-order valence-corrected chi connectivity index (χ0v) is 13.2. The highest BCUT2D eigenvalue weighted by Gasteiger charge is 2.05. The molecule has 0 fully saturated rings. The van der Waals surface area contributed by atoms with E-state index in [1.165, 1.54) is 16.7 Å². The average Bonchev–Trinajstić information content (AvgIpc) is 2.52. The van der Waals surface area contributed by atoms with Crippen molar-refractivity contribution in [1.82, 2.24) is 5.32 Å². The highest BCUT2D eigenvalue weighted by molar-refractivity contribution is 5.29. The summed E-state index contributed by atoms with van der Waals surface area (Å²) in [7, 11) is 0. The van der Waals surface area contributed by atoms with Crippen LogP contribution in [0.4, 0.5) is 0 Å². The molecule has 21 heavy (non-hydrogen) atoms. The predicted octanol–water partition coefficient (Wildman–Crippen LogP) is 4.63. The molecule has 2 aromatic carbocycles. The van der Waals surface area contributed by atoms with Gasteiger partial charge in [-0.3, -0.25) is 0 Å². The van der Waals surface area contributed by atoms with Gasteiger partial charge in [-0.2, -0.15) is 0 Å². The van der Waals surface area contributed by atoms with Gasteiger partial charge in [0, 0.05) is 12.6 Å². The molecule has 0 aliphatic carbocycles. The van der Waals surface area contributed by atoms with E-state index in [9.17, 15) is 0 Å². The fraction of sp³-hybridized carbons (Fsp3) is 0.368. The lowest BCUT2D eigenvalue weighted by Crippen LogP contribution is -2.18. The Hall–Kier alpha value is -1.80. The lowest BCUT2D eigenvalue weighted by molar-refractivity contribution is 0.317. The van der Waals surface area contributed by atoms with Crippen LogP contribution >= 0.6 is 0 Å². The highest BCUT2D eigenvalue weighted by atomic mass is 16.5. The largest absolute Gasteiger partial charge is 0.494 e. The summed E-state index contributed by atoms with van der Waals surface area (Å²) >= 11 is 0. The summed E-state index contributed by atoms with van der Waals surface area (Å²) in [5, 5.41) is 3.56. The van der Waals surface area contributed by atoms with Crippen LogP contribution in [-0.4, -0.2) is 6.61 Å². The van der Waals surface area contributed by atoms with E-state index in [-0.39, 0.29) is 0 Å². The van der Waals surface area contributed by atoms with E-state index in [4.69, 9.17) is 4.74 Å². The molecule has 0 saturated carbocycles. The van der Waals surface area contributed by atoms with Crippen LogP contribution in [-0.2, 0) is 6.54 Å². The summed E-state index contributed by atoms with van der Waals surface area (Å²) in [6.07, 6.45) is 1.03. The number of benzene rings is 2. The summed E-state index contributed by atoms with van der Waals surface area (Å²) in [5.74, 6) is 0.958. The van der Waals surface area contributed by atoms with Gasteiger partial charge in [-0.1, -0.05) is 48.9 Å². The van der Waals surface area contributed by atoms with E-state index in [2.05, 4.69) is 68.6 Å². The quantitative estimate of drug-likeness (QED) is 0.799. The summed E-state index contributed by atoms with van der Waals surface area (Å²) in [6, 6.07) is 17.4. The smallest absolute Gasteiger partial charge is 0.119 e. The predicted molar refractivity (Wildman–Crippen MR) is 88.7 cm³/mol. The van der Waals surface area contributed by atoms with Gasteiger partial charge < -0.3 is 10.1 Å². The topological polar surface area (TPSA) is 21.3 Å². The molecule has 112 valence electrons. The monoisotopic (exact) mass is 283 g/mol. The van der Waals surface area contributed by atoms with Gasteiger partial charge in [-0.15, -0.1) is 0 Å². The van der Waals surface area contributed by atoms with E-state index >= 15 is 0 Å². The second-order valence-corrected chi connectivity index (χ2v) is 5.51. The van der Waals surface area contributed by atoms with Crippen LogP contribution in [0.1, 0.15) is 43.0 Å². The molecule has 2 heteroatoms. The molecule has 0 saturated heterocycles. The molecule has 0 heterocycles. The number of ether oxygens (including phenoxy) is 1. The van der Waals surface area contributed by atoms with Gasteiger partial charge in [0.25, 0.3) is 0 Å². The fourth-order valence-electron chi connectivity index (χ4n) is 2.21. The van der Waals surface area contributed by atoms with Crippen molar-refractivity contribution in [1.29, 1.82) is 0 Å². The molecule has 2 aromatic rings. The third-order valence-corrected chi connectivity index (χ3v) is 3.56. The van der Waals surface area contributed by atoms with E-state index in [0.29, 0.717) is 6.04 Å². The molecular formula is C19H25NO. The normalized spacial score (nSPS) is 12.1. The second-order valence-electron chi connectivity index (χ2n) is 5.51. The van der Waals surface area contributed by atoms with Crippen LogP contribution < -0.4 is 10.1 Å². The standard InChI is InChI=1S/C19H25NO/c1-4-12-21-19-7-5-6-17(13-19)14-20-16(3)18-10-8-15(2)9-11-18/h5-11,13,16,20H,4,12,14H2,1-3H3/t16-/m0/s1. The summed E-state index contributed by atoms with van der Waals surface area (Å²) < 4.78 is 5.67. The first-order chi connectivity index (χ1) is 10.2. The number of aryl methyl sites for hydroxylation is 1. The van der Waals surface area contributed by atoms with Crippen LogP contribution in [0.2, 0.25) is 0 Å². The Morgan fingerprint density at radius 3 is 2.57 bits per heavy atom. The molecule has 1 atom stereocenters. The Morgan fingerprint density at radius 2 is 1.86 bits per heavy atom. The van der Waals surface area contributed by atoms with Crippen molar-refractivity contribution < 1.29 is 4.74 Å². The van der Waals surface area contributed by atoms with Crippen molar-refractivity contribution in [2.75, 3.05) is 6.61 Å².